The fraction of sp³-hybridized carbons (Fsp3) is 0.200. The van der Waals surface area contributed by atoms with Gasteiger partial charge in [0.1, 0.15) is 12.4 Å². The van der Waals surface area contributed by atoms with E-state index in [1.54, 1.807) is 42.7 Å². The minimum absolute atomic E-state index is 0.183. The Morgan fingerprint density at radius 2 is 2.05 bits per heavy atom. The Morgan fingerprint density at radius 1 is 1.30 bits per heavy atom. The number of hydrogen-bond acceptors (Lipinski definition) is 4. The minimum Gasteiger partial charge on any atom is -0.492 e. The third-order valence-electron chi connectivity index (χ3n) is 2.64. The lowest BCUT2D eigenvalue weighted by atomic mass is 10.2. The summed E-state index contributed by atoms with van der Waals surface area (Å²) >= 11 is 0. The van der Waals surface area contributed by atoms with E-state index in [-0.39, 0.29) is 5.91 Å². The molecule has 1 heterocycles. The lowest BCUT2D eigenvalue weighted by molar-refractivity contribution is 0.102. The van der Waals surface area contributed by atoms with E-state index in [9.17, 15) is 4.79 Å². The first kappa shape index (κ1) is 14.0. The molecule has 5 nitrogen and oxygen atoms in total. The van der Waals surface area contributed by atoms with Gasteiger partial charge in [-0.2, -0.15) is 0 Å². The Labute approximate surface area is 117 Å². The zero-order valence-corrected chi connectivity index (χ0v) is 11.3. The number of nitrogens with two attached hydrogens (primary N) is 1. The molecule has 0 radical (unpaired) electrons. The summed E-state index contributed by atoms with van der Waals surface area (Å²) in [5, 5.41) is 2.81. The summed E-state index contributed by atoms with van der Waals surface area (Å²) < 4.78 is 5.37. The van der Waals surface area contributed by atoms with Gasteiger partial charge in [-0.05, 0) is 42.8 Å². The number of aromatic nitrogens is 1. The number of hydrogen-bond donors (Lipinski definition) is 2. The molecule has 2 rings (SSSR count). The van der Waals surface area contributed by atoms with Gasteiger partial charge in [-0.15, -0.1) is 0 Å². The monoisotopic (exact) mass is 271 g/mol. The highest BCUT2D eigenvalue weighted by molar-refractivity contribution is 6.04. The van der Waals surface area contributed by atoms with Crippen molar-refractivity contribution in [1.29, 1.82) is 0 Å². The predicted octanol–water partition coefficient (Wildman–Crippen LogP) is 1.98. The first-order chi connectivity index (χ1) is 9.69. The van der Waals surface area contributed by atoms with E-state index >= 15 is 0 Å². The molecule has 0 saturated carbocycles. The maximum atomic E-state index is 12.0. The molecule has 0 fully saturated rings. The van der Waals surface area contributed by atoms with Crippen molar-refractivity contribution < 1.29 is 9.53 Å². The molecule has 104 valence electrons. The fourth-order valence-electron chi connectivity index (χ4n) is 1.69. The molecule has 0 bridgehead atoms. The normalized spacial score (nSPS) is 10.1. The number of nitrogens with one attached hydrogen (secondary N) is 1. The van der Waals surface area contributed by atoms with Gasteiger partial charge in [0, 0.05) is 24.6 Å². The number of amides is 1. The largest absolute Gasteiger partial charge is 0.492 e. The van der Waals surface area contributed by atoms with Crippen LogP contribution >= 0.6 is 0 Å². The number of benzene rings is 1. The summed E-state index contributed by atoms with van der Waals surface area (Å²) in [5.41, 5.74) is 7.55. The van der Waals surface area contributed by atoms with Gasteiger partial charge in [-0.3, -0.25) is 9.78 Å². The van der Waals surface area contributed by atoms with E-state index in [1.807, 2.05) is 6.92 Å². The highest BCUT2D eigenvalue weighted by atomic mass is 16.5. The van der Waals surface area contributed by atoms with Gasteiger partial charge in [0.25, 0.3) is 5.91 Å². The Morgan fingerprint density at radius 3 is 2.70 bits per heavy atom. The second-order valence-corrected chi connectivity index (χ2v) is 4.37. The number of rotatable bonds is 5. The number of anilines is 1. The average Bonchev–Trinajstić information content (AvgIpc) is 2.46. The maximum absolute atomic E-state index is 12.0. The van der Waals surface area contributed by atoms with E-state index in [0.29, 0.717) is 24.4 Å². The van der Waals surface area contributed by atoms with Crippen LogP contribution in [0.3, 0.4) is 0 Å². The van der Waals surface area contributed by atoms with Gasteiger partial charge in [0.05, 0.1) is 5.56 Å². The molecule has 0 atom stereocenters. The quantitative estimate of drug-likeness (QED) is 0.871. The molecule has 0 aliphatic heterocycles. The Kier molecular flexibility index (Phi) is 4.68. The number of carbonyl (C=O) groups is 1. The predicted molar refractivity (Wildman–Crippen MR) is 77.9 cm³/mol. The smallest absolute Gasteiger partial charge is 0.257 e. The van der Waals surface area contributed by atoms with Crippen LogP contribution in [0.2, 0.25) is 0 Å². The van der Waals surface area contributed by atoms with Gasteiger partial charge in [0.15, 0.2) is 0 Å². The molecule has 5 heteroatoms. The molecule has 2 aromatic rings. The van der Waals surface area contributed by atoms with Crippen LogP contribution in [0.15, 0.2) is 42.7 Å². The third-order valence-corrected chi connectivity index (χ3v) is 2.64. The standard InChI is InChI=1S/C15H17N3O2/c1-11-8-12(10-17-9-11)15(19)18-13-2-4-14(5-3-13)20-7-6-16/h2-5,8-10H,6-7,16H2,1H3,(H,18,19). The second-order valence-electron chi connectivity index (χ2n) is 4.37. The van der Waals surface area contributed by atoms with Crippen molar-refractivity contribution in [2.45, 2.75) is 6.92 Å². The summed E-state index contributed by atoms with van der Waals surface area (Å²) in [4.78, 5) is 16.0. The van der Waals surface area contributed by atoms with Crippen molar-refractivity contribution in [3.05, 3.63) is 53.9 Å². The van der Waals surface area contributed by atoms with E-state index in [4.69, 9.17) is 10.5 Å². The number of pyridine rings is 1. The molecule has 20 heavy (non-hydrogen) atoms. The molecular weight excluding hydrogens is 254 g/mol. The summed E-state index contributed by atoms with van der Waals surface area (Å²) in [7, 11) is 0. The zero-order chi connectivity index (χ0) is 14.4. The first-order valence-electron chi connectivity index (χ1n) is 6.35. The van der Waals surface area contributed by atoms with Gasteiger partial charge in [-0.25, -0.2) is 0 Å². The van der Waals surface area contributed by atoms with E-state index in [1.165, 1.54) is 0 Å². The molecule has 1 aromatic carbocycles. The van der Waals surface area contributed by atoms with Crippen LogP contribution in [0.5, 0.6) is 5.75 Å². The molecule has 3 N–H and O–H groups in total. The summed E-state index contributed by atoms with van der Waals surface area (Å²) in [6.45, 7) is 2.84. The Balaban J connectivity index is 2.01. The summed E-state index contributed by atoms with van der Waals surface area (Å²) in [6.07, 6.45) is 3.25. The molecule has 0 aliphatic carbocycles. The second kappa shape index (κ2) is 6.68. The number of carbonyl (C=O) groups excluding carboxylic acids is 1. The first-order valence-corrected chi connectivity index (χ1v) is 6.35. The Hall–Kier alpha value is -2.40. The molecule has 0 aliphatic rings. The number of nitrogens with zero attached hydrogens (tertiary/aromatic N) is 1. The van der Waals surface area contributed by atoms with Crippen molar-refractivity contribution in [2.24, 2.45) is 5.73 Å². The van der Waals surface area contributed by atoms with Gasteiger partial charge in [-0.1, -0.05) is 0 Å². The molecule has 0 saturated heterocycles. The van der Waals surface area contributed by atoms with Gasteiger partial charge >= 0.3 is 0 Å². The fourth-order valence-corrected chi connectivity index (χ4v) is 1.69. The van der Waals surface area contributed by atoms with Crippen LogP contribution in [0.1, 0.15) is 15.9 Å². The van der Waals surface area contributed by atoms with Crippen LogP contribution in [0.4, 0.5) is 5.69 Å². The molecular formula is C15H17N3O2. The minimum atomic E-state index is -0.183. The maximum Gasteiger partial charge on any atom is 0.257 e. The molecule has 0 unspecified atom stereocenters. The van der Waals surface area contributed by atoms with Crippen LogP contribution in [0, 0.1) is 6.92 Å². The van der Waals surface area contributed by atoms with Crippen molar-refractivity contribution in [3.63, 3.8) is 0 Å². The van der Waals surface area contributed by atoms with Crippen LogP contribution in [-0.4, -0.2) is 24.0 Å². The lowest BCUT2D eigenvalue weighted by Crippen LogP contribution is -2.12. The van der Waals surface area contributed by atoms with E-state index in [2.05, 4.69) is 10.3 Å². The summed E-state index contributed by atoms with van der Waals surface area (Å²) in [5.74, 6) is 0.544. The highest BCUT2D eigenvalue weighted by Crippen LogP contribution is 2.16. The van der Waals surface area contributed by atoms with Crippen molar-refractivity contribution in [1.82, 2.24) is 4.98 Å². The third kappa shape index (κ3) is 3.80. The number of aryl methyl sites for hydroxylation is 1. The van der Waals surface area contributed by atoms with Crippen molar-refractivity contribution in [2.75, 3.05) is 18.5 Å². The topological polar surface area (TPSA) is 77.2 Å². The van der Waals surface area contributed by atoms with Crippen molar-refractivity contribution in [3.8, 4) is 5.75 Å². The van der Waals surface area contributed by atoms with Gasteiger partial charge < -0.3 is 15.8 Å². The van der Waals surface area contributed by atoms with Crippen molar-refractivity contribution >= 4 is 11.6 Å². The molecule has 1 amide bonds. The molecule has 1 aromatic heterocycles. The zero-order valence-electron chi connectivity index (χ0n) is 11.3. The number of ether oxygens (including phenoxy) is 1. The van der Waals surface area contributed by atoms with Crippen LogP contribution in [-0.2, 0) is 0 Å². The summed E-state index contributed by atoms with van der Waals surface area (Å²) in [6, 6.07) is 8.94. The highest BCUT2D eigenvalue weighted by Gasteiger charge is 2.06. The van der Waals surface area contributed by atoms with E-state index < -0.39 is 0 Å². The molecule has 0 spiro atoms. The average molecular weight is 271 g/mol. The Bertz CT molecular complexity index is 582. The van der Waals surface area contributed by atoms with Crippen LogP contribution < -0.4 is 15.8 Å². The lowest BCUT2D eigenvalue weighted by Gasteiger charge is -2.07. The van der Waals surface area contributed by atoms with E-state index in [0.717, 1.165) is 11.3 Å². The van der Waals surface area contributed by atoms with Gasteiger partial charge in [0.2, 0.25) is 0 Å². The SMILES string of the molecule is Cc1cncc(C(=O)Nc2ccc(OCCN)cc2)c1. The van der Waals surface area contributed by atoms with Crippen LogP contribution in [0.25, 0.3) is 0 Å².